The molecule has 1 aromatic heterocycles. The van der Waals surface area contributed by atoms with E-state index in [1.807, 2.05) is 12.3 Å². The Morgan fingerprint density at radius 2 is 2.35 bits per heavy atom. The number of hydrogen-bond acceptors (Lipinski definition) is 4. The molecule has 0 aromatic carbocycles. The number of aromatic nitrogens is 1. The van der Waals surface area contributed by atoms with E-state index in [0.29, 0.717) is 18.0 Å². The van der Waals surface area contributed by atoms with Crippen LogP contribution in [0.2, 0.25) is 0 Å². The quantitative estimate of drug-likeness (QED) is 0.856. The molecule has 1 aliphatic rings. The van der Waals surface area contributed by atoms with Gasteiger partial charge in [-0.2, -0.15) is 0 Å². The highest BCUT2D eigenvalue weighted by atomic mass is 16.5. The van der Waals surface area contributed by atoms with Crippen LogP contribution in [0.4, 0.5) is 0 Å². The van der Waals surface area contributed by atoms with Gasteiger partial charge in [-0.3, -0.25) is 4.90 Å². The van der Waals surface area contributed by atoms with Crippen LogP contribution in [0.15, 0.2) is 18.3 Å². The van der Waals surface area contributed by atoms with Gasteiger partial charge in [-0.1, -0.05) is 0 Å². The van der Waals surface area contributed by atoms with Gasteiger partial charge in [-0.15, -0.1) is 0 Å². The van der Waals surface area contributed by atoms with Crippen LogP contribution in [0.1, 0.15) is 19.4 Å². The van der Waals surface area contributed by atoms with Crippen molar-refractivity contribution >= 4 is 0 Å². The zero-order valence-electron chi connectivity index (χ0n) is 10.8. The van der Waals surface area contributed by atoms with Gasteiger partial charge in [0.1, 0.15) is 0 Å². The summed E-state index contributed by atoms with van der Waals surface area (Å²) in [5, 5.41) is 3.49. The Hall–Kier alpha value is -1.13. The van der Waals surface area contributed by atoms with E-state index in [4.69, 9.17) is 4.74 Å². The van der Waals surface area contributed by atoms with Crippen LogP contribution in [-0.2, 0) is 6.54 Å². The maximum absolute atomic E-state index is 5.15. The molecule has 0 aliphatic carbocycles. The molecule has 1 aliphatic heterocycles. The first-order valence-corrected chi connectivity index (χ1v) is 6.15. The normalized spacial score (nSPS) is 25.8. The van der Waals surface area contributed by atoms with E-state index < -0.39 is 0 Å². The fourth-order valence-electron chi connectivity index (χ4n) is 2.21. The van der Waals surface area contributed by atoms with Crippen molar-refractivity contribution in [2.45, 2.75) is 32.5 Å². The first-order valence-electron chi connectivity index (χ1n) is 6.15. The number of hydrogen-bond donors (Lipinski definition) is 1. The van der Waals surface area contributed by atoms with Gasteiger partial charge >= 0.3 is 0 Å². The Kier molecular flexibility index (Phi) is 3.97. The first kappa shape index (κ1) is 12.3. The Balaban J connectivity index is 2.03. The second-order valence-electron chi connectivity index (χ2n) is 4.79. The van der Waals surface area contributed by atoms with E-state index in [9.17, 15) is 0 Å². The van der Waals surface area contributed by atoms with Crippen molar-refractivity contribution < 1.29 is 4.74 Å². The minimum Gasteiger partial charge on any atom is -0.481 e. The molecule has 4 nitrogen and oxygen atoms in total. The van der Waals surface area contributed by atoms with Crippen molar-refractivity contribution in [3.8, 4) is 5.88 Å². The molecule has 0 radical (unpaired) electrons. The van der Waals surface area contributed by atoms with Crippen LogP contribution in [0.25, 0.3) is 0 Å². The third-order valence-corrected chi connectivity index (χ3v) is 3.29. The Labute approximate surface area is 103 Å². The summed E-state index contributed by atoms with van der Waals surface area (Å²) in [4.78, 5) is 6.63. The number of nitrogens with zero attached hydrogens (tertiary/aromatic N) is 2. The van der Waals surface area contributed by atoms with Gasteiger partial charge in [-0.05, 0) is 25.5 Å². The van der Waals surface area contributed by atoms with E-state index in [2.05, 4.69) is 35.1 Å². The summed E-state index contributed by atoms with van der Waals surface area (Å²) in [6.07, 6.45) is 1.81. The fourth-order valence-corrected chi connectivity index (χ4v) is 2.21. The lowest BCUT2D eigenvalue weighted by atomic mass is 10.1. The van der Waals surface area contributed by atoms with Crippen LogP contribution in [0.5, 0.6) is 5.88 Å². The van der Waals surface area contributed by atoms with Crippen LogP contribution in [0, 0.1) is 0 Å². The number of methoxy groups -OCH3 is 1. The monoisotopic (exact) mass is 235 g/mol. The van der Waals surface area contributed by atoms with Crippen molar-refractivity contribution in [1.29, 1.82) is 0 Å². The molecular formula is C13H21N3O. The fraction of sp³-hybridized carbons (Fsp3) is 0.615. The summed E-state index contributed by atoms with van der Waals surface area (Å²) in [5.74, 6) is 0.693. The summed E-state index contributed by atoms with van der Waals surface area (Å²) in [7, 11) is 1.65. The Morgan fingerprint density at radius 1 is 1.53 bits per heavy atom. The highest BCUT2D eigenvalue weighted by Gasteiger charge is 2.22. The summed E-state index contributed by atoms with van der Waals surface area (Å²) < 4.78 is 5.15. The highest BCUT2D eigenvalue weighted by Crippen LogP contribution is 2.15. The molecule has 1 aromatic rings. The van der Waals surface area contributed by atoms with Crippen LogP contribution >= 0.6 is 0 Å². The second-order valence-corrected chi connectivity index (χ2v) is 4.79. The lowest BCUT2D eigenvalue weighted by Gasteiger charge is -2.37. The maximum atomic E-state index is 5.15. The number of nitrogens with one attached hydrogen (secondary N) is 1. The molecule has 1 saturated heterocycles. The zero-order valence-corrected chi connectivity index (χ0v) is 10.8. The SMILES string of the molecule is COc1cc(CN2CC(C)NCC2C)ccn1. The molecule has 0 spiro atoms. The van der Waals surface area contributed by atoms with Gasteiger partial charge in [-0.25, -0.2) is 4.98 Å². The molecule has 2 atom stereocenters. The molecule has 0 saturated carbocycles. The van der Waals surface area contributed by atoms with Gasteiger partial charge < -0.3 is 10.1 Å². The minimum atomic E-state index is 0.565. The molecule has 2 rings (SSSR count). The lowest BCUT2D eigenvalue weighted by Crippen LogP contribution is -2.53. The van der Waals surface area contributed by atoms with Crippen LogP contribution in [-0.4, -0.2) is 42.2 Å². The summed E-state index contributed by atoms with van der Waals surface area (Å²) >= 11 is 0. The summed E-state index contributed by atoms with van der Waals surface area (Å²) in [5.41, 5.74) is 1.26. The molecule has 4 heteroatoms. The van der Waals surface area contributed by atoms with Crippen molar-refractivity contribution in [2.24, 2.45) is 0 Å². The maximum Gasteiger partial charge on any atom is 0.213 e. The largest absolute Gasteiger partial charge is 0.481 e. The molecular weight excluding hydrogens is 214 g/mol. The number of piperazine rings is 1. The molecule has 2 unspecified atom stereocenters. The Bertz CT molecular complexity index is 369. The number of pyridine rings is 1. The molecule has 17 heavy (non-hydrogen) atoms. The first-order chi connectivity index (χ1) is 8.19. The van der Waals surface area contributed by atoms with Gasteiger partial charge in [0.15, 0.2) is 0 Å². The molecule has 1 fully saturated rings. The zero-order chi connectivity index (χ0) is 12.3. The number of rotatable bonds is 3. The minimum absolute atomic E-state index is 0.565. The van der Waals surface area contributed by atoms with Crippen LogP contribution < -0.4 is 10.1 Å². The predicted molar refractivity (Wildman–Crippen MR) is 68.1 cm³/mol. The predicted octanol–water partition coefficient (Wildman–Crippen LogP) is 1.27. The van der Waals surface area contributed by atoms with E-state index in [1.54, 1.807) is 7.11 Å². The van der Waals surface area contributed by atoms with Crippen LogP contribution in [0.3, 0.4) is 0 Å². The average Bonchev–Trinajstić information content (AvgIpc) is 2.34. The van der Waals surface area contributed by atoms with Crippen molar-refractivity contribution in [3.05, 3.63) is 23.9 Å². The van der Waals surface area contributed by atoms with E-state index >= 15 is 0 Å². The third-order valence-electron chi connectivity index (χ3n) is 3.29. The molecule has 1 N–H and O–H groups in total. The van der Waals surface area contributed by atoms with Crippen molar-refractivity contribution in [2.75, 3.05) is 20.2 Å². The Morgan fingerprint density at radius 3 is 3.12 bits per heavy atom. The lowest BCUT2D eigenvalue weighted by molar-refractivity contribution is 0.138. The molecule has 94 valence electrons. The average molecular weight is 235 g/mol. The smallest absolute Gasteiger partial charge is 0.213 e. The van der Waals surface area contributed by atoms with Crippen molar-refractivity contribution in [3.63, 3.8) is 0 Å². The number of ether oxygens (including phenoxy) is 1. The highest BCUT2D eigenvalue weighted by molar-refractivity contribution is 5.20. The standard InChI is InChI=1S/C13H21N3O/c1-10-8-16(11(2)7-15-10)9-12-4-5-14-13(6-12)17-3/h4-6,10-11,15H,7-9H2,1-3H3. The van der Waals surface area contributed by atoms with Gasteiger partial charge in [0.05, 0.1) is 7.11 Å². The summed E-state index contributed by atoms with van der Waals surface area (Å²) in [6.45, 7) is 7.60. The summed E-state index contributed by atoms with van der Waals surface area (Å²) in [6, 6.07) is 5.21. The van der Waals surface area contributed by atoms with Gasteiger partial charge in [0, 0.05) is 44.0 Å². The van der Waals surface area contributed by atoms with Crippen molar-refractivity contribution in [1.82, 2.24) is 15.2 Å². The van der Waals surface area contributed by atoms with Gasteiger partial charge in [0.25, 0.3) is 0 Å². The van der Waals surface area contributed by atoms with E-state index in [-0.39, 0.29) is 0 Å². The topological polar surface area (TPSA) is 37.4 Å². The third kappa shape index (κ3) is 3.17. The second kappa shape index (κ2) is 5.47. The van der Waals surface area contributed by atoms with E-state index in [0.717, 1.165) is 19.6 Å². The van der Waals surface area contributed by atoms with E-state index in [1.165, 1.54) is 5.56 Å². The molecule has 0 bridgehead atoms. The molecule has 2 heterocycles. The van der Waals surface area contributed by atoms with Gasteiger partial charge in [0.2, 0.25) is 5.88 Å². The molecule has 0 amide bonds.